The number of fused-ring (bicyclic) bond motifs is 1. The highest BCUT2D eigenvalue weighted by atomic mass is 79.9. The molecule has 0 saturated carbocycles. The van der Waals surface area contributed by atoms with Gasteiger partial charge in [0.25, 0.3) is 5.91 Å². The van der Waals surface area contributed by atoms with Crippen molar-refractivity contribution in [2.75, 3.05) is 5.32 Å². The van der Waals surface area contributed by atoms with E-state index in [1.54, 1.807) is 6.07 Å². The number of hydrogen-bond donors (Lipinski definition) is 2. The Kier molecular flexibility index (Phi) is 4.95. The number of nitrogens with one attached hydrogen (secondary N) is 2. The van der Waals surface area contributed by atoms with E-state index < -0.39 is 0 Å². The quantitative estimate of drug-likeness (QED) is 0.484. The largest absolute Gasteiger partial charge is 0.330 e. The molecule has 7 nitrogen and oxygen atoms in total. The fraction of sp³-hybridized carbons (Fsp3) is 0.200. The first-order valence-corrected chi connectivity index (χ1v) is 9.72. The van der Waals surface area contributed by atoms with E-state index >= 15 is 0 Å². The maximum Gasteiger partial charge on any atom is 0.258 e. The Balaban J connectivity index is 1.57. The fourth-order valence-corrected chi connectivity index (χ4v) is 3.63. The molecule has 4 aromatic rings. The van der Waals surface area contributed by atoms with Crippen LogP contribution < -0.4 is 5.32 Å². The molecule has 0 aliphatic carbocycles. The molecule has 2 N–H and O–H groups in total. The Bertz CT molecular complexity index is 1150. The molecule has 2 aromatic carbocycles. The van der Waals surface area contributed by atoms with Crippen LogP contribution in [0, 0.1) is 0 Å². The first-order valence-electron chi connectivity index (χ1n) is 8.92. The van der Waals surface area contributed by atoms with E-state index in [0.29, 0.717) is 29.1 Å². The lowest BCUT2D eigenvalue weighted by Crippen LogP contribution is -2.13. The maximum absolute atomic E-state index is 12.8. The van der Waals surface area contributed by atoms with E-state index in [-0.39, 0.29) is 5.91 Å². The number of halogens is 1. The van der Waals surface area contributed by atoms with Gasteiger partial charge in [0.15, 0.2) is 0 Å². The molecule has 1 amide bonds. The van der Waals surface area contributed by atoms with Gasteiger partial charge < -0.3 is 9.88 Å². The Morgan fingerprint density at radius 3 is 2.93 bits per heavy atom. The molecule has 8 heteroatoms. The number of nitrogens with zero attached hydrogens (tertiary/aromatic N) is 4. The van der Waals surface area contributed by atoms with Crippen LogP contribution in [0.25, 0.3) is 11.0 Å². The summed E-state index contributed by atoms with van der Waals surface area (Å²) in [5.41, 5.74) is 3.44. The molecule has 0 bridgehead atoms. The van der Waals surface area contributed by atoms with Gasteiger partial charge >= 0.3 is 0 Å². The van der Waals surface area contributed by atoms with Gasteiger partial charge in [-0.1, -0.05) is 41.9 Å². The molecule has 0 saturated heterocycles. The molecular formula is C20H19BrN6O. The minimum absolute atomic E-state index is 0.233. The van der Waals surface area contributed by atoms with Gasteiger partial charge in [-0.3, -0.25) is 4.79 Å². The van der Waals surface area contributed by atoms with Crippen LogP contribution >= 0.6 is 15.9 Å². The molecule has 0 aliphatic heterocycles. The monoisotopic (exact) mass is 438 g/mol. The van der Waals surface area contributed by atoms with E-state index in [4.69, 9.17) is 0 Å². The molecule has 0 radical (unpaired) electrons. The second kappa shape index (κ2) is 7.55. The van der Waals surface area contributed by atoms with Crippen LogP contribution in [-0.4, -0.2) is 30.9 Å². The van der Waals surface area contributed by atoms with Gasteiger partial charge in [0.05, 0.1) is 5.56 Å². The average Bonchev–Trinajstić information content (AvgIpc) is 3.30. The minimum atomic E-state index is -0.233. The van der Waals surface area contributed by atoms with Crippen molar-refractivity contribution in [1.82, 2.24) is 25.0 Å². The van der Waals surface area contributed by atoms with Crippen molar-refractivity contribution in [3.05, 3.63) is 70.2 Å². The summed E-state index contributed by atoms with van der Waals surface area (Å²) in [6.07, 6.45) is 3.79. The highest BCUT2D eigenvalue weighted by Crippen LogP contribution is 2.23. The van der Waals surface area contributed by atoms with Crippen LogP contribution in [0.1, 0.15) is 41.5 Å². The highest BCUT2D eigenvalue weighted by molar-refractivity contribution is 9.10. The smallest absolute Gasteiger partial charge is 0.258 e. The highest BCUT2D eigenvalue weighted by Gasteiger charge is 2.15. The molecule has 0 unspecified atom stereocenters. The molecule has 0 atom stereocenters. The second-order valence-electron chi connectivity index (χ2n) is 6.87. The number of hydrogen-bond acceptors (Lipinski definition) is 4. The lowest BCUT2D eigenvalue weighted by Gasteiger charge is -2.12. The third kappa shape index (κ3) is 3.68. The molecule has 142 valence electrons. The van der Waals surface area contributed by atoms with Gasteiger partial charge in [-0.05, 0) is 29.8 Å². The Labute approximate surface area is 170 Å². The molecular weight excluding hydrogens is 420 g/mol. The zero-order valence-electron chi connectivity index (χ0n) is 15.5. The van der Waals surface area contributed by atoms with Crippen LogP contribution in [-0.2, 0) is 6.54 Å². The number of imidazole rings is 1. The van der Waals surface area contributed by atoms with Crippen molar-refractivity contribution < 1.29 is 4.79 Å². The van der Waals surface area contributed by atoms with Crippen molar-refractivity contribution in [3.8, 4) is 0 Å². The third-order valence-electron chi connectivity index (χ3n) is 4.43. The van der Waals surface area contributed by atoms with E-state index in [1.165, 1.54) is 0 Å². The molecule has 0 spiro atoms. The number of carbonyl (C=O) groups excluding carboxylic acids is 1. The first-order chi connectivity index (χ1) is 13.5. The minimum Gasteiger partial charge on any atom is -0.330 e. The summed E-state index contributed by atoms with van der Waals surface area (Å²) in [5, 5.41) is 13.7. The van der Waals surface area contributed by atoms with Gasteiger partial charge in [-0.15, -0.1) is 0 Å². The summed E-state index contributed by atoms with van der Waals surface area (Å²) < 4.78 is 2.90. The van der Waals surface area contributed by atoms with E-state index in [9.17, 15) is 4.79 Å². The Morgan fingerprint density at radius 1 is 1.25 bits per heavy atom. The number of rotatable bonds is 5. The van der Waals surface area contributed by atoms with Crippen LogP contribution in [0.3, 0.4) is 0 Å². The normalized spacial score (nSPS) is 11.3. The zero-order valence-corrected chi connectivity index (χ0v) is 17.1. The zero-order chi connectivity index (χ0) is 19.7. The summed E-state index contributed by atoms with van der Waals surface area (Å²) in [5.74, 6) is 1.15. The number of anilines is 1. The van der Waals surface area contributed by atoms with Crippen LogP contribution in [0.15, 0.2) is 53.3 Å². The van der Waals surface area contributed by atoms with Gasteiger partial charge in [0.2, 0.25) is 0 Å². The molecule has 4 rings (SSSR count). The number of aromatic amines is 1. The fourth-order valence-electron chi connectivity index (χ4n) is 3.19. The maximum atomic E-state index is 12.8. The van der Waals surface area contributed by atoms with Gasteiger partial charge in [0.1, 0.15) is 16.9 Å². The topological polar surface area (TPSA) is 88.5 Å². The van der Waals surface area contributed by atoms with E-state index in [0.717, 1.165) is 21.5 Å². The molecule has 2 aromatic heterocycles. The van der Waals surface area contributed by atoms with Gasteiger partial charge in [-0.2, -0.15) is 15.4 Å². The predicted octanol–water partition coefficient (Wildman–Crippen LogP) is 4.34. The summed E-state index contributed by atoms with van der Waals surface area (Å²) in [6.45, 7) is 4.94. The van der Waals surface area contributed by atoms with E-state index in [2.05, 4.69) is 60.1 Å². The predicted molar refractivity (Wildman–Crippen MR) is 111 cm³/mol. The summed E-state index contributed by atoms with van der Waals surface area (Å²) in [7, 11) is 0. The number of H-pyrrole nitrogens is 1. The standard InChI is InChI=1S/C20H19BrN6O/c1-12(2)19-22-6-7-27(19)11-13-4-3-5-15(8-13)23-20(28)16-9-14(21)10-17-18(16)25-26-24-17/h3-10,12H,11H2,1-2H3,(H,23,28)(H,24,25,26). The van der Waals surface area contributed by atoms with Gasteiger partial charge in [0, 0.05) is 35.0 Å². The first kappa shape index (κ1) is 18.4. The second-order valence-corrected chi connectivity index (χ2v) is 7.78. The molecule has 2 heterocycles. The number of aromatic nitrogens is 5. The van der Waals surface area contributed by atoms with Crippen molar-refractivity contribution in [3.63, 3.8) is 0 Å². The number of carbonyl (C=O) groups is 1. The van der Waals surface area contributed by atoms with Crippen LogP contribution in [0.2, 0.25) is 0 Å². The summed E-state index contributed by atoms with van der Waals surface area (Å²) >= 11 is 3.41. The van der Waals surface area contributed by atoms with Crippen LogP contribution in [0.4, 0.5) is 5.69 Å². The van der Waals surface area contributed by atoms with Gasteiger partial charge in [-0.25, -0.2) is 4.98 Å². The molecule has 0 aliphatic rings. The van der Waals surface area contributed by atoms with Crippen molar-refractivity contribution in [2.45, 2.75) is 26.3 Å². The third-order valence-corrected chi connectivity index (χ3v) is 4.89. The van der Waals surface area contributed by atoms with Crippen LogP contribution in [0.5, 0.6) is 0 Å². The lowest BCUT2D eigenvalue weighted by atomic mass is 10.1. The summed E-state index contributed by atoms with van der Waals surface area (Å²) in [4.78, 5) is 17.2. The average molecular weight is 439 g/mol. The van der Waals surface area contributed by atoms with Crippen molar-refractivity contribution in [1.29, 1.82) is 0 Å². The SMILES string of the molecule is CC(C)c1nccn1Cc1cccc(NC(=O)c2cc(Br)cc3n[nH]nc23)c1. The van der Waals surface area contributed by atoms with Crippen molar-refractivity contribution >= 4 is 38.6 Å². The molecule has 28 heavy (non-hydrogen) atoms. The van der Waals surface area contributed by atoms with E-state index in [1.807, 2.05) is 42.7 Å². The molecule has 0 fully saturated rings. The number of benzene rings is 2. The Morgan fingerprint density at radius 2 is 2.11 bits per heavy atom. The van der Waals surface area contributed by atoms with Crippen molar-refractivity contribution in [2.24, 2.45) is 0 Å². The lowest BCUT2D eigenvalue weighted by molar-refractivity contribution is 0.102. The summed E-state index contributed by atoms with van der Waals surface area (Å²) in [6, 6.07) is 11.4. The Hall–Kier alpha value is -3.00. The number of amides is 1.